The average molecular weight is 358 g/mol. The van der Waals surface area contributed by atoms with Crippen LogP contribution < -0.4 is 11.3 Å². The highest BCUT2D eigenvalue weighted by molar-refractivity contribution is 9.10. The van der Waals surface area contributed by atoms with Crippen LogP contribution in [-0.2, 0) is 12.8 Å². The van der Waals surface area contributed by atoms with Crippen LogP contribution in [0.5, 0.6) is 0 Å². The van der Waals surface area contributed by atoms with Gasteiger partial charge in [-0.05, 0) is 42.2 Å². The summed E-state index contributed by atoms with van der Waals surface area (Å²) in [5, 5.41) is 0.698. The molecule has 0 aliphatic heterocycles. The normalized spacial score (nSPS) is 12.4. The van der Waals surface area contributed by atoms with Gasteiger partial charge in [-0.2, -0.15) is 0 Å². The molecule has 0 aromatic heterocycles. The van der Waals surface area contributed by atoms with Gasteiger partial charge in [0, 0.05) is 15.5 Å². The zero-order chi connectivity index (χ0) is 14.5. The maximum absolute atomic E-state index is 13.8. The molecule has 0 heterocycles. The van der Waals surface area contributed by atoms with Gasteiger partial charge in [-0.25, -0.2) is 4.39 Å². The number of hydrazine groups is 1. The summed E-state index contributed by atoms with van der Waals surface area (Å²) in [4.78, 5) is 0. The fraction of sp³-hybridized carbons (Fsp3) is 0.200. The third-order valence-electron chi connectivity index (χ3n) is 3.14. The van der Waals surface area contributed by atoms with E-state index in [1.165, 1.54) is 6.07 Å². The summed E-state index contributed by atoms with van der Waals surface area (Å²) in [5.41, 5.74) is 4.35. The molecule has 0 saturated carbocycles. The number of nitrogens with one attached hydrogen (secondary N) is 1. The molecule has 2 nitrogen and oxygen atoms in total. The van der Waals surface area contributed by atoms with Gasteiger partial charge in [0.05, 0.1) is 0 Å². The van der Waals surface area contributed by atoms with Crippen molar-refractivity contribution in [1.82, 2.24) is 5.43 Å². The number of benzene rings is 2. The fourth-order valence-electron chi connectivity index (χ4n) is 2.07. The summed E-state index contributed by atoms with van der Waals surface area (Å²) in [6, 6.07) is 12.6. The van der Waals surface area contributed by atoms with Crippen LogP contribution in [0, 0.1) is 5.82 Å². The Morgan fingerprint density at radius 3 is 2.50 bits per heavy atom. The van der Waals surface area contributed by atoms with Crippen LogP contribution >= 0.6 is 27.5 Å². The lowest BCUT2D eigenvalue weighted by Gasteiger charge is -2.17. The van der Waals surface area contributed by atoms with Crippen LogP contribution in [0.3, 0.4) is 0 Å². The lowest BCUT2D eigenvalue weighted by Crippen LogP contribution is -2.38. The standard InChI is InChI=1S/C15H15BrClFN2/c16-12-6-5-11(15(18)9-12)8-13(20-19)7-10-3-1-2-4-14(10)17/h1-6,9,13,20H,7-8,19H2. The van der Waals surface area contributed by atoms with E-state index < -0.39 is 0 Å². The van der Waals surface area contributed by atoms with Crippen LogP contribution in [0.1, 0.15) is 11.1 Å². The molecule has 1 atom stereocenters. The minimum absolute atomic E-state index is 0.0782. The highest BCUT2D eigenvalue weighted by Crippen LogP contribution is 2.20. The number of nitrogens with two attached hydrogens (primary N) is 1. The maximum atomic E-state index is 13.8. The molecule has 0 aliphatic carbocycles. The monoisotopic (exact) mass is 356 g/mol. The van der Waals surface area contributed by atoms with E-state index in [1.54, 1.807) is 6.07 Å². The van der Waals surface area contributed by atoms with Crippen molar-refractivity contribution in [3.05, 3.63) is 68.9 Å². The molecule has 0 aliphatic rings. The van der Waals surface area contributed by atoms with Crippen molar-refractivity contribution < 1.29 is 4.39 Å². The molecular formula is C15H15BrClFN2. The van der Waals surface area contributed by atoms with E-state index in [9.17, 15) is 4.39 Å². The van der Waals surface area contributed by atoms with Gasteiger partial charge in [0.15, 0.2) is 0 Å². The minimum Gasteiger partial charge on any atom is -0.271 e. The van der Waals surface area contributed by atoms with E-state index in [4.69, 9.17) is 17.4 Å². The van der Waals surface area contributed by atoms with Gasteiger partial charge in [-0.3, -0.25) is 11.3 Å². The molecule has 106 valence electrons. The predicted molar refractivity (Wildman–Crippen MR) is 84.1 cm³/mol. The Kier molecular flexibility index (Phi) is 5.54. The zero-order valence-corrected chi connectivity index (χ0v) is 13.1. The molecule has 2 aromatic rings. The van der Waals surface area contributed by atoms with E-state index in [2.05, 4.69) is 21.4 Å². The van der Waals surface area contributed by atoms with Gasteiger partial charge < -0.3 is 0 Å². The van der Waals surface area contributed by atoms with Crippen molar-refractivity contribution >= 4 is 27.5 Å². The Hall–Kier alpha value is -0.940. The third-order valence-corrected chi connectivity index (χ3v) is 4.00. The minimum atomic E-state index is -0.237. The van der Waals surface area contributed by atoms with Gasteiger partial charge >= 0.3 is 0 Å². The second-order valence-corrected chi connectivity index (χ2v) is 5.92. The second kappa shape index (κ2) is 7.18. The quantitative estimate of drug-likeness (QED) is 0.630. The summed E-state index contributed by atoms with van der Waals surface area (Å²) in [6.07, 6.45) is 1.15. The Morgan fingerprint density at radius 2 is 1.85 bits per heavy atom. The summed E-state index contributed by atoms with van der Waals surface area (Å²) < 4.78 is 14.6. The highest BCUT2D eigenvalue weighted by atomic mass is 79.9. The topological polar surface area (TPSA) is 38.0 Å². The lowest BCUT2D eigenvalue weighted by molar-refractivity contribution is 0.506. The maximum Gasteiger partial charge on any atom is 0.127 e. The van der Waals surface area contributed by atoms with Crippen molar-refractivity contribution in [3.8, 4) is 0 Å². The molecule has 2 aromatic carbocycles. The fourth-order valence-corrected chi connectivity index (χ4v) is 2.62. The number of hydrogen-bond acceptors (Lipinski definition) is 2. The van der Waals surface area contributed by atoms with Crippen LogP contribution in [-0.4, -0.2) is 6.04 Å². The highest BCUT2D eigenvalue weighted by Gasteiger charge is 2.13. The summed E-state index contributed by atoms with van der Waals surface area (Å²) >= 11 is 9.38. The molecule has 5 heteroatoms. The first-order valence-corrected chi connectivity index (χ1v) is 7.40. The van der Waals surface area contributed by atoms with Crippen molar-refractivity contribution in [2.45, 2.75) is 18.9 Å². The summed E-state index contributed by atoms with van der Waals surface area (Å²) in [6.45, 7) is 0. The Balaban J connectivity index is 2.11. The Bertz CT molecular complexity index is 592. The molecule has 1 unspecified atom stereocenters. The second-order valence-electron chi connectivity index (χ2n) is 4.60. The molecule has 0 fully saturated rings. The smallest absolute Gasteiger partial charge is 0.127 e. The van der Waals surface area contributed by atoms with Gasteiger partial charge in [-0.15, -0.1) is 0 Å². The van der Waals surface area contributed by atoms with E-state index in [0.717, 1.165) is 10.0 Å². The van der Waals surface area contributed by atoms with Gasteiger partial charge in [0.25, 0.3) is 0 Å². The van der Waals surface area contributed by atoms with Crippen LogP contribution in [0.2, 0.25) is 5.02 Å². The predicted octanol–water partition coefficient (Wildman–Crippen LogP) is 3.86. The molecule has 0 radical (unpaired) electrons. The van der Waals surface area contributed by atoms with Crippen LogP contribution in [0.25, 0.3) is 0 Å². The van der Waals surface area contributed by atoms with E-state index in [1.807, 2.05) is 30.3 Å². The summed E-state index contributed by atoms with van der Waals surface area (Å²) in [7, 11) is 0. The van der Waals surface area contributed by atoms with Gasteiger partial charge in [0.2, 0.25) is 0 Å². The molecule has 20 heavy (non-hydrogen) atoms. The molecule has 2 rings (SSSR count). The van der Waals surface area contributed by atoms with Crippen molar-refractivity contribution in [3.63, 3.8) is 0 Å². The van der Waals surface area contributed by atoms with Gasteiger partial charge in [0.1, 0.15) is 5.82 Å². The zero-order valence-electron chi connectivity index (χ0n) is 10.7. The first kappa shape index (κ1) is 15.4. The van der Waals surface area contributed by atoms with Crippen molar-refractivity contribution in [2.24, 2.45) is 5.84 Å². The van der Waals surface area contributed by atoms with Crippen LogP contribution in [0.15, 0.2) is 46.9 Å². The first-order valence-electron chi connectivity index (χ1n) is 6.23. The number of hydrogen-bond donors (Lipinski definition) is 2. The molecule has 0 spiro atoms. The molecule has 0 amide bonds. The molecule has 0 bridgehead atoms. The SMILES string of the molecule is NNC(Cc1ccc(Br)cc1F)Cc1ccccc1Cl. The molecular weight excluding hydrogens is 343 g/mol. The van der Waals surface area contributed by atoms with E-state index in [-0.39, 0.29) is 11.9 Å². The lowest BCUT2D eigenvalue weighted by atomic mass is 9.99. The Labute approximate surface area is 131 Å². The first-order chi connectivity index (χ1) is 9.60. The Morgan fingerprint density at radius 1 is 1.15 bits per heavy atom. The van der Waals surface area contributed by atoms with E-state index in [0.29, 0.717) is 23.4 Å². The van der Waals surface area contributed by atoms with E-state index >= 15 is 0 Å². The largest absolute Gasteiger partial charge is 0.271 e. The molecule has 0 saturated heterocycles. The average Bonchev–Trinajstić information content (AvgIpc) is 2.43. The number of rotatable bonds is 5. The van der Waals surface area contributed by atoms with Crippen molar-refractivity contribution in [2.75, 3.05) is 0 Å². The van der Waals surface area contributed by atoms with Crippen LogP contribution in [0.4, 0.5) is 4.39 Å². The number of halogens is 3. The van der Waals surface area contributed by atoms with Gasteiger partial charge in [-0.1, -0.05) is 51.8 Å². The third kappa shape index (κ3) is 4.03. The molecule has 3 N–H and O–H groups in total. The van der Waals surface area contributed by atoms with Crippen molar-refractivity contribution in [1.29, 1.82) is 0 Å². The summed E-state index contributed by atoms with van der Waals surface area (Å²) in [5.74, 6) is 5.34.